The van der Waals surface area contributed by atoms with Crippen molar-refractivity contribution >= 4 is 0 Å². The Kier molecular flexibility index (Phi) is 2.52. The molecule has 0 amide bonds. The molecule has 0 radical (unpaired) electrons. The lowest BCUT2D eigenvalue weighted by molar-refractivity contribution is -0.101. The quantitative estimate of drug-likeness (QED) is 0.694. The Hall–Kier alpha value is -1.07. The number of hydrogen-bond donors (Lipinski definition) is 0. The van der Waals surface area contributed by atoms with Gasteiger partial charge in [0.15, 0.2) is 0 Å². The second-order valence-corrected chi connectivity index (χ2v) is 4.76. The van der Waals surface area contributed by atoms with Gasteiger partial charge in [-0.05, 0) is 20.8 Å². The highest BCUT2D eigenvalue weighted by atomic mass is 19.3. The predicted octanol–water partition coefficient (Wildman–Crippen LogP) is 3.75. The number of rotatable bonds is 1. The number of nitrogens with zero attached hydrogens (tertiary/aromatic N) is 2. The third-order valence-corrected chi connectivity index (χ3v) is 3.04. The summed E-state index contributed by atoms with van der Waals surface area (Å²) < 4.78 is 56.0. The molecule has 0 saturated heterocycles. The van der Waals surface area contributed by atoms with Gasteiger partial charge in [-0.1, -0.05) is 0 Å². The van der Waals surface area contributed by atoms with Crippen molar-refractivity contribution in [2.45, 2.75) is 51.5 Å². The van der Waals surface area contributed by atoms with Gasteiger partial charge in [-0.2, -0.15) is 13.9 Å². The Balaban J connectivity index is 2.73. The highest BCUT2D eigenvalue weighted by Crippen LogP contribution is 2.51. The van der Waals surface area contributed by atoms with E-state index in [1.165, 1.54) is 6.92 Å². The molecular weight excluding hydrogens is 236 g/mol. The first-order chi connectivity index (χ1) is 7.67. The minimum Gasteiger partial charge on any atom is -0.260 e. The molecule has 0 aromatic carbocycles. The molecule has 1 aliphatic rings. The van der Waals surface area contributed by atoms with Gasteiger partial charge in [-0.15, -0.1) is 0 Å². The van der Waals surface area contributed by atoms with Crippen LogP contribution in [-0.2, 0) is 11.8 Å². The van der Waals surface area contributed by atoms with Crippen LogP contribution in [-0.4, -0.2) is 9.78 Å². The largest absolute Gasteiger partial charge is 0.290 e. The topological polar surface area (TPSA) is 17.8 Å². The van der Waals surface area contributed by atoms with Gasteiger partial charge >= 0.3 is 0 Å². The van der Waals surface area contributed by atoms with Crippen LogP contribution < -0.4 is 0 Å². The van der Waals surface area contributed by atoms with Gasteiger partial charge in [0.05, 0.1) is 11.3 Å². The minimum atomic E-state index is -3.22. The molecule has 2 rings (SSSR count). The molecule has 1 heterocycles. The van der Waals surface area contributed by atoms with E-state index in [9.17, 15) is 17.6 Å². The van der Waals surface area contributed by atoms with Gasteiger partial charge in [0.25, 0.3) is 11.8 Å². The van der Waals surface area contributed by atoms with Crippen LogP contribution in [0.25, 0.3) is 0 Å². The molecule has 0 unspecified atom stereocenters. The fraction of sp³-hybridized carbons (Fsp3) is 0.727. The van der Waals surface area contributed by atoms with Crippen molar-refractivity contribution in [3.8, 4) is 0 Å². The van der Waals surface area contributed by atoms with Crippen LogP contribution in [0.4, 0.5) is 17.6 Å². The van der Waals surface area contributed by atoms with E-state index in [2.05, 4.69) is 5.10 Å². The molecule has 1 aliphatic carbocycles. The molecule has 96 valence electrons. The van der Waals surface area contributed by atoms with E-state index in [0.29, 0.717) is 0 Å². The lowest BCUT2D eigenvalue weighted by Gasteiger charge is -2.30. The molecule has 17 heavy (non-hydrogen) atoms. The van der Waals surface area contributed by atoms with Gasteiger partial charge in [0, 0.05) is 18.9 Å². The SMILES string of the molecule is Cc1nn(C(C)C)c2c1C(F)(F)CCC2(F)F. The smallest absolute Gasteiger partial charge is 0.260 e. The molecule has 0 spiro atoms. The predicted molar refractivity (Wildman–Crippen MR) is 54.4 cm³/mol. The van der Waals surface area contributed by atoms with Crippen LogP contribution >= 0.6 is 0 Å². The third-order valence-electron chi connectivity index (χ3n) is 3.04. The Labute approximate surface area is 96.6 Å². The van der Waals surface area contributed by atoms with Gasteiger partial charge in [0.2, 0.25) is 0 Å². The summed E-state index contributed by atoms with van der Waals surface area (Å²) in [6.07, 6.45) is -1.65. The number of halogens is 4. The van der Waals surface area contributed by atoms with Gasteiger partial charge < -0.3 is 0 Å². The van der Waals surface area contributed by atoms with E-state index in [-0.39, 0.29) is 11.7 Å². The Morgan fingerprint density at radius 3 is 2.18 bits per heavy atom. The summed E-state index contributed by atoms with van der Waals surface area (Å²) in [6.45, 7) is 4.65. The van der Waals surface area contributed by atoms with E-state index in [1.807, 2.05) is 0 Å². The van der Waals surface area contributed by atoms with E-state index >= 15 is 0 Å². The Bertz CT molecular complexity index is 449. The summed E-state index contributed by atoms with van der Waals surface area (Å²) in [5.74, 6) is -6.42. The van der Waals surface area contributed by atoms with Crippen LogP contribution in [0.15, 0.2) is 0 Å². The maximum Gasteiger partial charge on any atom is 0.290 e. The standard InChI is InChI=1S/C11H14F4N2/c1-6(2)17-9-8(7(3)16-17)10(12,13)4-5-11(9,14)15/h6H,4-5H2,1-3H3. The Morgan fingerprint density at radius 2 is 1.65 bits per heavy atom. The molecule has 1 aromatic rings. The number of fused-ring (bicyclic) bond motifs is 1. The first kappa shape index (κ1) is 12.4. The van der Waals surface area contributed by atoms with Crippen molar-refractivity contribution in [1.29, 1.82) is 0 Å². The number of aromatic nitrogens is 2. The van der Waals surface area contributed by atoms with E-state index in [1.54, 1.807) is 13.8 Å². The van der Waals surface area contributed by atoms with Crippen LogP contribution in [0.3, 0.4) is 0 Å². The molecule has 0 fully saturated rings. The maximum absolute atomic E-state index is 13.8. The maximum atomic E-state index is 13.8. The number of hydrogen-bond acceptors (Lipinski definition) is 1. The van der Waals surface area contributed by atoms with E-state index < -0.39 is 35.9 Å². The van der Waals surface area contributed by atoms with Crippen molar-refractivity contribution in [2.75, 3.05) is 0 Å². The molecule has 2 nitrogen and oxygen atoms in total. The highest BCUT2D eigenvalue weighted by Gasteiger charge is 2.53. The number of aryl methyl sites for hydroxylation is 1. The fourth-order valence-corrected chi connectivity index (χ4v) is 2.27. The van der Waals surface area contributed by atoms with Gasteiger partial charge in [-0.3, -0.25) is 4.68 Å². The van der Waals surface area contributed by atoms with Crippen molar-refractivity contribution in [1.82, 2.24) is 9.78 Å². The van der Waals surface area contributed by atoms with Crippen LogP contribution in [0.1, 0.15) is 49.7 Å². The molecular formula is C11H14F4N2. The minimum absolute atomic E-state index is 0.00178. The van der Waals surface area contributed by atoms with E-state index in [0.717, 1.165) is 4.68 Å². The fourth-order valence-electron chi connectivity index (χ4n) is 2.27. The second-order valence-electron chi connectivity index (χ2n) is 4.76. The average molecular weight is 250 g/mol. The molecule has 0 N–H and O–H groups in total. The van der Waals surface area contributed by atoms with Crippen LogP contribution in [0.2, 0.25) is 0 Å². The molecule has 0 atom stereocenters. The monoisotopic (exact) mass is 250 g/mol. The molecule has 0 bridgehead atoms. The van der Waals surface area contributed by atoms with E-state index in [4.69, 9.17) is 0 Å². The third kappa shape index (κ3) is 1.73. The lowest BCUT2D eigenvalue weighted by Crippen LogP contribution is -2.32. The first-order valence-electron chi connectivity index (χ1n) is 5.52. The summed E-state index contributed by atoms with van der Waals surface area (Å²) in [7, 11) is 0. The van der Waals surface area contributed by atoms with Crippen LogP contribution in [0.5, 0.6) is 0 Å². The lowest BCUT2D eigenvalue weighted by atomic mass is 9.89. The summed E-state index contributed by atoms with van der Waals surface area (Å²) in [4.78, 5) is 0. The molecule has 1 aromatic heterocycles. The van der Waals surface area contributed by atoms with Crippen molar-refractivity contribution in [3.05, 3.63) is 17.0 Å². The molecule has 0 saturated carbocycles. The zero-order chi connectivity index (χ0) is 13.0. The summed E-state index contributed by atoms with van der Waals surface area (Å²) in [5, 5.41) is 3.84. The van der Waals surface area contributed by atoms with Gasteiger partial charge in [0.1, 0.15) is 5.69 Å². The first-order valence-corrected chi connectivity index (χ1v) is 5.52. The van der Waals surface area contributed by atoms with Crippen molar-refractivity contribution in [2.24, 2.45) is 0 Å². The van der Waals surface area contributed by atoms with Crippen LogP contribution in [0, 0.1) is 6.92 Å². The van der Waals surface area contributed by atoms with Crippen molar-refractivity contribution < 1.29 is 17.6 Å². The zero-order valence-electron chi connectivity index (χ0n) is 9.90. The normalized spacial score (nSPS) is 21.6. The molecule has 6 heteroatoms. The Morgan fingerprint density at radius 1 is 1.12 bits per heavy atom. The number of alkyl halides is 4. The average Bonchev–Trinajstić information content (AvgIpc) is 2.53. The van der Waals surface area contributed by atoms with Crippen molar-refractivity contribution in [3.63, 3.8) is 0 Å². The van der Waals surface area contributed by atoms with Gasteiger partial charge in [-0.25, -0.2) is 8.78 Å². The zero-order valence-corrected chi connectivity index (χ0v) is 9.90. The summed E-state index contributed by atoms with van der Waals surface area (Å²) in [5.41, 5.74) is -1.19. The summed E-state index contributed by atoms with van der Waals surface area (Å²) >= 11 is 0. The second kappa shape index (κ2) is 3.46. The molecule has 0 aliphatic heterocycles. The summed E-state index contributed by atoms with van der Waals surface area (Å²) in [6, 6.07) is -0.364. The highest BCUT2D eigenvalue weighted by molar-refractivity contribution is 5.36.